The van der Waals surface area contributed by atoms with Gasteiger partial charge < -0.3 is 19.9 Å². The van der Waals surface area contributed by atoms with Gasteiger partial charge in [0.05, 0.1) is 11.4 Å². The van der Waals surface area contributed by atoms with Crippen molar-refractivity contribution < 1.29 is 23.5 Å². The molecule has 0 radical (unpaired) electrons. The molecule has 160 valence electrons. The number of aromatic nitrogens is 1. The second-order valence-electron chi connectivity index (χ2n) is 8.42. The van der Waals surface area contributed by atoms with Gasteiger partial charge in [-0.15, -0.1) is 0 Å². The molecule has 1 saturated heterocycles. The zero-order valence-corrected chi connectivity index (χ0v) is 17.3. The summed E-state index contributed by atoms with van der Waals surface area (Å²) in [7, 11) is 0. The van der Waals surface area contributed by atoms with Gasteiger partial charge >= 0.3 is 0 Å². The van der Waals surface area contributed by atoms with Gasteiger partial charge in [0.15, 0.2) is 17.3 Å². The Morgan fingerprint density at radius 3 is 3.03 bits per heavy atom. The van der Waals surface area contributed by atoms with E-state index in [0.717, 1.165) is 17.0 Å². The lowest BCUT2D eigenvalue weighted by atomic mass is 9.80. The number of likely N-dealkylation sites (tertiary alicyclic amines) is 1. The molecule has 31 heavy (non-hydrogen) atoms. The first-order chi connectivity index (χ1) is 15.1. The van der Waals surface area contributed by atoms with Crippen LogP contribution in [0.1, 0.15) is 24.8 Å². The van der Waals surface area contributed by atoms with Crippen LogP contribution in [0.5, 0.6) is 0 Å². The molecule has 0 bridgehead atoms. The van der Waals surface area contributed by atoms with Crippen molar-refractivity contribution in [1.29, 1.82) is 0 Å². The highest BCUT2D eigenvalue weighted by molar-refractivity contribution is 7.10. The van der Waals surface area contributed by atoms with Crippen LogP contribution in [0.25, 0.3) is 0 Å². The molecule has 1 aromatic rings. The maximum Gasteiger partial charge on any atom is 0.265 e. The zero-order valence-electron chi connectivity index (χ0n) is 16.5. The summed E-state index contributed by atoms with van der Waals surface area (Å²) in [5.74, 6) is -1.74. The molecule has 0 saturated carbocycles. The maximum absolute atomic E-state index is 15.8. The molecule has 4 heterocycles. The second kappa shape index (κ2) is 6.74. The van der Waals surface area contributed by atoms with E-state index < -0.39 is 23.4 Å². The normalized spacial score (nSPS) is 29.3. The van der Waals surface area contributed by atoms with Crippen molar-refractivity contribution in [3.8, 4) is 0 Å². The van der Waals surface area contributed by atoms with Crippen LogP contribution < -0.4 is 10.2 Å². The van der Waals surface area contributed by atoms with Crippen LogP contribution in [0.2, 0.25) is 0 Å². The zero-order chi connectivity index (χ0) is 21.3. The van der Waals surface area contributed by atoms with Gasteiger partial charge in [-0.3, -0.25) is 14.4 Å². The van der Waals surface area contributed by atoms with Gasteiger partial charge in [-0.2, -0.15) is 4.37 Å². The Morgan fingerprint density at radius 2 is 2.19 bits per heavy atom. The summed E-state index contributed by atoms with van der Waals surface area (Å²) in [6, 6.07) is -0.438. The van der Waals surface area contributed by atoms with Gasteiger partial charge in [-0.1, -0.05) is 6.08 Å². The van der Waals surface area contributed by atoms with E-state index in [9.17, 15) is 14.4 Å². The lowest BCUT2D eigenvalue weighted by Gasteiger charge is -2.48. The molecule has 1 N–H and O–H groups in total. The van der Waals surface area contributed by atoms with Gasteiger partial charge in [0.25, 0.3) is 5.78 Å². The minimum absolute atomic E-state index is 0.0383. The van der Waals surface area contributed by atoms with E-state index in [1.54, 1.807) is 0 Å². The van der Waals surface area contributed by atoms with E-state index in [1.807, 2.05) is 22.1 Å². The highest BCUT2D eigenvalue weighted by Gasteiger charge is 2.51. The number of carbonyl (C=O) groups is 3. The van der Waals surface area contributed by atoms with E-state index in [2.05, 4.69) is 9.69 Å². The molecule has 3 aliphatic heterocycles. The number of ketones is 2. The first-order valence-corrected chi connectivity index (χ1v) is 11.1. The summed E-state index contributed by atoms with van der Waals surface area (Å²) in [6.45, 7) is 1.11. The highest BCUT2D eigenvalue weighted by atomic mass is 32.1. The van der Waals surface area contributed by atoms with Crippen LogP contribution >= 0.6 is 11.5 Å². The first kappa shape index (κ1) is 18.7. The van der Waals surface area contributed by atoms with Crippen LogP contribution in [0.15, 0.2) is 41.0 Å². The Labute approximate surface area is 181 Å². The number of hydrogen-bond acceptors (Lipinski definition) is 8. The average Bonchev–Trinajstić information content (AvgIpc) is 3.42. The van der Waals surface area contributed by atoms with E-state index in [4.69, 9.17) is 4.74 Å². The molecule has 0 aromatic carbocycles. The van der Waals surface area contributed by atoms with Crippen LogP contribution in [-0.2, 0) is 25.5 Å². The lowest BCUT2D eigenvalue weighted by molar-refractivity contribution is -0.137. The van der Waals surface area contributed by atoms with Gasteiger partial charge in [0.1, 0.15) is 11.0 Å². The minimum Gasteiger partial charge on any atom is -0.450 e. The number of allylic oxidation sites excluding steroid dienone is 3. The fourth-order valence-corrected chi connectivity index (χ4v) is 6.13. The molecule has 1 aromatic heterocycles. The molecule has 2 aliphatic carbocycles. The molecule has 3 unspecified atom stereocenters. The van der Waals surface area contributed by atoms with Crippen LogP contribution in [0, 0.1) is 5.92 Å². The molecule has 0 spiro atoms. The predicted octanol–water partition coefficient (Wildman–Crippen LogP) is 1.56. The van der Waals surface area contributed by atoms with Gasteiger partial charge in [-0.05, 0) is 30.8 Å². The topological polar surface area (TPSA) is 91.8 Å². The molecule has 8 nitrogen and oxygen atoms in total. The number of hydrogen-bond donors (Lipinski definition) is 1. The Kier molecular flexibility index (Phi) is 4.08. The fourth-order valence-electron chi connectivity index (χ4n) is 5.28. The number of fused-ring (bicyclic) bond motifs is 3. The van der Waals surface area contributed by atoms with Crippen LogP contribution in [-0.4, -0.2) is 52.4 Å². The number of ether oxygens (including phenoxy) is 1. The lowest BCUT2D eigenvalue weighted by Crippen LogP contribution is -2.52. The third kappa shape index (κ3) is 2.63. The van der Waals surface area contributed by atoms with Crippen molar-refractivity contribution in [3.05, 3.63) is 46.6 Å². The Balaban J connectivity index is 1.47. The maximum atomic E-state index is 15.8. The van der Waals surface area contributed by atoms with Crippen molar-refractivity contribution >= 4 is 34.5 Å². The van der Waals surface area contributed by atoms with E-state index in [-0.39, 0.29) is 29.9 Å². The van der Waals surface area contributed by atoms with Crippen molar-refractivity contribution in [2.24, 2.45) is 5.92 Å². The van der Waals surface area contributed by atoms with Crippen molar-refractivity contribution in [2.45, 2.75) is 37.8 Å². The average molecular weight is 442 g/mol. The third-order valence-electron chi connectivity index (χ3n) is 6.71. The van der Waals surface area contributed by atoms with Crippen molar-refractivity contribution in [1.82, 2.24) is 14.6 Å². The van der Waals surface area contributed by atoms with Crippen LogP contribution in [0.4, 0.5) is 9.39 Å². The Morgan fingerprint density at radius 1 is 1.32 bits per heavy atom. The SMILES string of the molecule is O=CNC1CCN(C2=CC3Cc4cnsc4N4C5=C(OC(=C2F)C34)C(=O)C(=O)CC5)C1. The standard InChI is InChI=1S/C21H19FN4O4S/c22-16-14(25-4-3-12(8-25)23-9-27)6-10-5-11-7-24-31-21(11)26-13-1-2-15(28)18(29)19(13)30-20(16)17(10)26/h6-7,9-10,12,17H,1-5,8H2,(H,23,27). The second-order valence-corrected chi connectivity index (χ2v) is 9.20. The predicted molar refractivity (Wildman–Crippen MR) is 108 cm³/mol. The highest BCUT2D eigenvalue weighted by Crippen LogP contribution is 2.51. The van der Waals surface area contributed by atoms with Crippen molar-refractivity contribution in [2.75, 3.05) is 18.0 Å². The number of halogens is 1. The van der Waals surface area contributed by atoms with Crippen LogP contribution in [0.3, 0.4) is 0 Å². The molecule has 10 heteroatoms. The third-order valence-corrected chi connectivity index (χ3v) is 7.55. The summed E-state index contributed by atoms with van der Waals surface area (Å²) in [5.41, 5.74) is 2.12. The van der Waals surface area contributed by atoms with Crippen molar-refractivity contribution in [3.63, 3.8) is 0 Å². The molecule has 6 rings (SSSR count). The number of nitrogens with zero attached hydrogens (tertiary/aromatic N) is 3. The molecule has 1 amide bonds. The Hall–Kier alpha value is -3.01. The summed E-state index contributed by atoms with van der Waals surface area (Å²) in [5, 5.41) is 3.65. The summed E-state index contributed by atoms with van der Waals surface area (Å²) >= 11 is 1.31. The summed E-state index contributed by atoms with van der Waals surface area (Å²) in [6.07, 6.45) is 6.37. The molecule has 1 fully saturated rings. The first-order valence-electron chi connectivity index (χ1n) is 10.3. The number of nitrogens with one attached hydrogen (secondary N) is 1. The summed E-state index contributed by atoms with van der Waals surface area (Å²) in [4.78, 5) is 39.4. The van der Waals surface area contributed by atoms with Gasteiger partial charge in [-0.25, -0.2) is 4.39 Å². The summed E-state index contributed by atoms with van der Waals surface area (Å²) < 4.78 is 26.1. The van der Waals surface area contributed by atoms with E-state index in [0.29, 0.717) is 43.7 Å². The Bertz CT molecular complexity index is 1120. The smallest absolute Gasteiger partial charge is 0.265 e. The van der Waals surface area contributed by atoms with Gasteiger partial charge in [0, 0.05) is 43.2 Å². The molecular formula is C21H19FN4O4S. The number of Topliss-reactive ketones (excluding diaryl/α,β-unsaturated/α-hetero) is 2. The monoisotopic (exact) mass is 442 g/mol. The number of amides is 1. The molecular weight excluding hydrogens is 423 g/mol. The molecule has 5 aliphatic rings. The number of anilines is 1. The number of rotatable bonds is 3. The molecule has 3 atom stereocenters. The quantitative estimate of drug-likeness (QED) is 0.561. The van der Waals surface area contributed by atoms with E-state index in [1.165, 1.54) is 11.5 Å². The number of carbonyl (C=O) groups excluding carboxylic acids is 3. The van der Waals surface area contributed by atoms with E-state index >= 15 is 4.39 Å². The fraction of sp³-hybridized carbons (Fsp3) is 0.429. The van der Waals surface area contributed by atoms with Gasteiger partial charge in [0.2, 0.25) is 12.2 Å². The largest absolute Gasteiger partial charge is 0.450 e. The minimum atomic E-state index is -0.694.